The van der Waals surface area contributed by atoms with Gasteiger partial charge in [0.05, 0.1) is 5.56 Å². The van der Waals surface area contributed by atoms with Crippen LogP contribution < -0.4 is 10.2 Å². The third-order valence-corrected chi connectivity index (χ3v) is 4.26. The van der Waals surface area contributed by atoms with E-state index in [4.69, 9.17) is 9.15 Å². The van der Waals surface area contributed by atoms with Crippen molar-refractivity contribution in [3.05, 3.63) is 88.8 Å². The summed E-state index contributed by atoms with van der Waals surface area (Å²) in [5, 5.41) is 19.9. The molecule has 0 aliphatic carbocycles. The van der Waals surface area contributed by atoms with E-state index in [-0.39, 0.29) is 27.9 Å². The van der Waals surface area contributed by atoms with Gasteiger partial charge in [0.15, 0.2) is 0 Å². The van der Waals surface area contributed by atoms with Crippen LogP contribution in [-0.4, -0.2) is 10.2 Å². The maximum absolute atomic E-state index is 12.8. The van der Waals surface area contributed by atoms with Crippen molar-refractivity contribution in [2.24, 2.45) is 0 Å². The molecule has 0 aliphatic rings. The largest absolute Gasteiger partial charge is 0.508 e. The summed E-state index contributed by atoms with van der Waals surface area (Å²) in [4.78, 5) is 12.8. The van der Waals surface area contributed by atoms with Gasteiger partial charge in [0.25, 0.3) is 0 Å². The van der Waals surface area contributed by atoms with Crippen molar-refractivity contribution in [2.45, 2.75) is 6.61 Å². The highest BCUT2D eigenvalue weighted by atomic mass is 16.5. The van der Waals surface area contributed by atoms with Gasteiger partial charge in [-0.2, -0.15) is 0 Å². The number of benzene rings is 3. The predicted molar refractivity (Wildman–Crippen MR) is 102 cm³/mol. The van der Waals surface area contributed by atoms with Crippen molar-refractivity contribution < 1.29 is 19.4 Å². The van der Waals surface area contributed by atoms with Gasteiger partial charge >= 0.3 is 0 Å². The molecular weight excluding hydrogens is 344 g/mol. The van der Waals surface area contributed by atoms with Crippen LogP contribution in [0.5, 0.6) is 17.2 Å². The van der Waals surface area contributed by atoms with E-state index in [0.29, 0.717) is 23.5 Å². The molecule has 0 saturated carbocycles. The van der Waals surface area contributed by atoms with Gasteiger partial charge in [0, 0.05) is 12.1 Å². The fourth-order valence-electron chi connectivity index (χ4n) is 2.87. The first-order valence-electron chi connectivity index (χ1n) is 8.36. The molecule has 0 atom stereocenters. The number of aromatic hydroxyl groups is 2. The molecule has 3 aromatic carbocycles. The Balaban J connectivity index is 1.70. The minimum atomic E-state index is -0.353. The molecule has 1 aromatic heterocycles. The van der Waals surface area contributed by atoms with Crippen molar-refractivity contribution >= 4 is 11.0 Å². The molecule has 0 bridgehead atoms. The lowest BCUT2D eigenvalue weighted by atomic mass is 10.0. The number of phenolic OH excluding ortho intramolecular Hbond substituents is 2. The van der Waals surface area contributed by atoms with Gasteiger partial charge in [-0.15, -0.1) is 0 Å². The summed E-state index contributed by atoms with van der Waals surface area (Å²) in [5.74, 6) is 0.307. The van der Waals surface area contributed by atoms with Gasteiger partial charge in [-0.05, 0) is 23.3 Å². The molecule has 0 aliphatic heterocycles. The highest BCUT2D eigenvalue weighted by Gasteiger charge is 2.14. The molecular formula is C22H16O5. The fourth-order valence-corrected chi connectivity index (χ4v) is 2.87. The number of rotatable bonds is 4. The highest BCUT2D eigenvalue weighted by molar-refractivity contribution is 5.88. The van der Waals surface area contributed by atoms with Gasteiger partial charge in [0.2, 0.25) is 5.43 Å². The Kier molecular flexibility index (Phi) is 4.26. The Morgan fingerprint density at radius 3 is 2.41 bits per heavy atom. The fraction of sp³-hybridized carbons (Fsp3) is 0.0455. The first-order chi connectivity index (χ1) is 13.1. The molecule has 1 heterocycles. The van der Waals surface area contributed by atoms with Crippen molar-refractivity contribution in [1.82, 2.24) is 0 Å². The summed E-state index contributed by atoms with van der Waals surface area (Å²) in [6, 6.07) is 18.8. The lowest BCUT2D eigenvalue weighted by molar-refractivity contribution is 0.304. The average molecular weight is 360 g/mol. The molecule has 5 nitrogen and oxygen atoms in total. The minimum Gasteiger partial charge on any atom is -0.508 e. The normalized spacial score (nSPS) is 10.8. The van der Waals surface area contributed by atoms with Crippen LogP contribution in [0, 0.1) is 0 Å². The summed E-state index contributed by atoms with van der Waals surface area (Å²) in [6.45, 7) is 0.335. The molecule has 4 rings (SSSR count). The van der Waals surface area contributed by atoms with E-state index in [1.54, 1.807) is 18.2 Å². The Bertz CT molecular complexity index is 1150. The van der Waals surface area contributed by atoms with Gasteiger partial charge < -0.3 is 19.4 Å². The zero-order valence-electron chi connectivity index (χ0n) is 14.3. The lowest BCUT2D eigenvalue weighted by Crippen LogP contribution is -2.05. The van der Waals surface area contributed by atoms with Crippen LogP contribution in [0.2, 0.25) is 0 Å². The zero-order valence-corrected chi connectivity index (χ0v) is 14.3. The molecule has 0 spiro atoms. The molecule has 134 valence electrons. The summed E-state index contributed by atoms with van der Waals surface area (Å²) < 4.78 is 11.3. The second-order valence-corrected chi connectivity index (χ2v) is 6.12. The maximum Gasteiger partial charge on any atom is 0.204 e. The minimum absolute atomic E-state index is 0.0904. The Morgan fingerprint density at radius 1 is 0.926 bits per heavy atom. The third kappa shape index (κ3) is 3.35. The molecule has 2 N–H and O–H groups in total. The van der Waals surface area contributed by atoms with Crippen molar-refractivity contribution in [3.63, 3.8) is 0 Å². The molecule has 27 heavy (non-hydrogen) atoms. The van der Waals surface area contributed by atoms with E-state index in [1.165, 1.54) is 24.5 Å². The monoisotopic (exact) mass is 360 g/mol. The van der Waals surface area contributed by atoms with E-state index in [0.717, 1.165) is 5.56 Å². The smallest absolute Gasteiger partial charge is 0.204 e. The predicted octanol–water partition coefficient (Wildman–Crippen LogP) is 4.45. The van der Waals surface area contributed by atoms with Crippen molar-refractivity contribution in [3.8, 4) is 28.4 Å². The lowest BCUT2D eigenvalue weighted by Gasteiger charge is -2.09. The number of ether oxygens (including phenoxy) is 1. The van der Waals surface area contributed by atoms with Crippen LogP contribution >= 0.6 is 0 Å². The average Bonchev–Trinajstić information content (AvgIpc) is 2.68. The number of fused-ring (bicyclic) bond motifs is 1. The van der Waals surface area contributed by atoms with E-state index in [1.807, 2.05) is 30.3 Å². The molecule has 5 heteroatoms. The SMILES string of the molecule is O=c1c(-c2ccc(O)cc2)coc2cc(OCc3ccccc3)cc(O)c12. The van der Waals surface area contributed by atoms with Crippen LogP contribution in [0.4, 0.5) is 0 Å². The van der Waals surface area contributed by atoms with Crippen LogP contribution in [0.1, 0.15) is 5.56 Å². The van der Waals surface area contributed by atoms with E-state index in [2.05, 4.69) is 0 Å². The van der Waals surface area contributed by atoms with Crippen molar-refractivity contribution in [2.75, 3.05) is 0 Å². The summed E-state index contributed by atoms with van der Waals surface area (Å²) in [7, 11) is 0. The van der Waals surface area contributed by atoms with Gasteiger partial charge in [0.1, 0.15) is 41.1 Å². The first kappa shape index (κ1) is 16.7. The maximum atomic E-state index is 12.8. The third-order valence-electron chi connectivity index (χ3n) is 4.26. The number of hydrogen-bond donors (Lipinski definition) is 2. The molecule has 0 radical (unpaired) electrons. The molecule has 0 amide bonds. The number of hydrogen-bond acceptors (Lipinski definition) is 5. The second-order valence-electron chi connectivity index (χ2n) is 6.12. The van der Waals surface area contributed by atoms with Crippen LogP contribution in [0.15, 0.2) is 82.2 Å². The van der Waals surface area contributed by atoms with Crippen molar-refractivity contribution in [1.29, 1.82) is 0 Å². The van der Waals surface area contributed by atoms with E-state index >= 15 is 0 Å². The topological polar surface area (TPSA) is 79.9 Å². The van der Waals surface area contributed by atoms with Crippen LogP contribution in [0.25, 0.3) is 22.1 Å². The molecule has 0 unspecified atom stereocenters. The molecule has 0 saturated heterocycles. The Labute approximate surface area is 154 Å². The summed E-state index contributed by atoms with van der Waals surface area (Å²) in [6.07, 6.45) is 1.34. The highest BCUT2D eigenvalue weighted by Crippen LogP contribution is 2.31. The quantitative estimate of drug-likeness (QED) is 0.562. The second kappa shape index (κ2) is 6.88. The Hall–Kier alpha value is -3.73. The molecule has 4 aromatic rings. The summed E-state index contributed by atoms with van der Waals surface area (Å²) >= 11 is 0. The van der Waals surface area contributed by atoms with Gasteiger partial charge in [-0.1, -0.05) is 42.5 Å². The van der Waals surface area contributed by atoms with Gasteiger partial charge in [-0.3, -0.25) is 4.79 Å². The summed E-state index contributed by atoms with van der Waals surface area (Å²) in [5.41, 5.74) is 1.77. The van der Waals surface area contributed by atoms with Crippen LogP contribution in [-0.2, 0) is 6.61 Å². The standard InChI is InChI=1S/C22H16O5/c23-16-8-6-15(7-9-16)18-13-27-20-11-17(10-19(24)21(20)22(18)25)26-12-14-4-2-1-3-5-14/h1-11,13,23-24H,12H2. The van der Waals surface area contributed by atoms with Crippen LogP contribution in [0.3, 0.4) is 0 Å². The Morgan fingerprint density at radius 2 is 1.67 bits per heavy atom. The first-order valence-corrected chi connectivity index (χ1v) is 8.36. The van der Waals surface area contributed by atoms with E-state index in [9.17, 15) is 15.0 Å². The molecule has 0 fully saturated rings. The number of phenols is 2. The zero-order chi connectivity index (χ0) is 18.8. The van der Waals surface area contributed by atoms with Gasteiger partial charge in [-0.25, -0.2) is 0 Å². The van der Waals surface area contributed by atoms with E-state index < -0.39 is 0 Å².